The fraction of sp³-hybridized carbons (Fsp3) is 0.423. The first-order valence-corrected chi connectivity index (χ1v) is 10.9. The Morgan fingerprint density at radius 1 is 1.03 bits per heavy atom. The highest BCUT2D eigenvalue weighted by Gasteiger charge is 2.71. The van der Waals surface area contributed by atoms with Crippen molar-refractivity contribution >= 4 is 23.3 Å². The maximum atomic E-state index is 13.7. The van der Waals surface area contributed by atoms with Gasteiger partial charge in [-0.05, 0) is 55.0 Å². The van der Waals surface area contributed by atoms with E-state index in [1.54, 1.807) is 31.4 Å². The summed E-state index contributed by atoms with van der Waals surface area (Å²) in [6, 6.07) is 14.5. The number of carbonyl (C=O) groups excluding carboxylic acids is 2. The number of amides is 1. The van der Waals surface area contributed by atoms with Crippen LogP contribution in [0.5, 0.6) is 5.75 Å². The number of hydrogen-bond donors (Lipinski definition) is 1. The Hall–Kier alpha value is -3.15. The van der Waals surface area contributed by atoms with Crippen molar-refractivity contribution in [1.29, 1.82) is 0 Å². The molecule has 0 spiro atoms. The van der Waals surface area contributed by atoms with Crippen molar-refractivity contribution in [3.8, 4) is 5.75 Å². The van der Waals surface area contributed by atoms with Gasteiger partial charge in [-0.2, -0.15) is 0 Å². The molecule has 0 radical (unpaired) electrons. The summed E-state index contributed by atoms with van der Waals surface area (Å²) in [5, 5.41) is 7.41. The van der Waals surface area contributed by atoms with Crippen LogP contribution in [0.4, 0.5) is 5.69 Å². The molecule has 2 aromatic rings. The van der Waals surface area contributed by atoms with Gasteiger partial charge in [0, 0.05) is 11.8 Å². The van der Waals surface area contributed by atoms with Gasteiger partial charge in [0.25, 0.3) is 0 Å². The monoisotopic (exact) mass is 434 g/mol. The van der Waals surface area contributed by atoms with Crippen LogP contribution < -0.4 is 10.1 Å². The molecule has 0 saturated heterocycles. The molecule has 4 rings (SSSR count). The Morgan fingerprint density at radius 2 is 1.75 bits per heavy atom. The van der Waals surface area contributed by atoms with E-state index in [9.17, 15) is 9.59 Å². The lowest BCUT2D eigenvalue weighted by molar-refractivity contribution is -0.130. The van der Waals surface area contributed by atoms with Crippen molar-refractivity contribution < 1.29 is 19.2 Å². The van der Waals surface area contributed by atoms with Crippen LogP contribution in [-0.2, 0) is 9.63 Å². The molecule has 0 heterocycles. The summed E-state index contributed by atoms with van der Waals surface area (Å²) in [7, 11) is 1.59. The molecule has 1 amide bonds. The van der Waals surface area contributed by atoms with E-state index in [0.717, 1.165) is 24.1 Å². The van der Waals surface area contributed by atoms with Crippen LogP contribution >= 0.6 is 0 Å². The summed E-state index contributed by atoms with van der Waals surface area (Å²) in [6.45, 7) is 8.34. The molecule has 2 aromatic carbocycles. The number of methoxy groups -OCH3 is 1. The Balaban J connectivity index is 1.61. The lowest BCUT2D eigenvalue weighted by atomic mass is 9.64. The molecule has 0 aliphatic heterocycles. The number of nitrogens with one attached hydrogen (secondary N) is 1. The van der Waals surface area contributed by atoms with E-state index in [-0.39, 0.29) is 16.7 Å². The van der Waals surface area contributed by atoms with Crippen molar-refractivity contribution in [2.75, 3.05) is 12.4 Å². The van der Waals surface area contributed by atoms with Crippen molar-refractivity contribution in [2.24, 2.45) is 21.4 Å². The topological polar surface area (TPSA) is 77.0 Å². The fourth-order valence-corrected chi connectivity index (χ4v) is 5.41. The summed E-state index contributed by atoms with van der Waals surface area (Å²) in [5.41, 5.74) is 1.58. The Labute approximate surface area is 189 Å². The quantitative estimate of drug-likeness (QED) is 0.507. The van der Waals surface area contributed by atoms with Gasteiger partial charge in [-0.3, -0.25) is 4.79 Å². The first-order chi connectivity index (χ1) is 15.1. The lowest BCUT2D eigenvalue weighted by Crippen LogP contribution is -2.43. The number of rotatable bonds is 5. The number of hydrogen-bond acceptors (Lipinski definition) is 5. The van der Waals surface area contributed by atoms with Crippen LogP contribution in [0.3, 0.4) is 0 Å². The van der Waals surface area contributed by atoms with Crippen LogP contribution in [0.2, 0.25) is 0 Å². The molecular weight excluding hydrogens is 404 g/mol. The van der Waals surface area contributed by atoms with Gasteiger partial charge in [-0.15, -0.1) is 0 Å². The normalized spacial score (nSPS) is 26.7. The molecule has 6 heteroatoms. The molecule has 2 atom stereocenters. The minimum Gasteiger partial charge on any atom is -0.495 e. The Kier molecular flexibility index (Phi) is 5.35. The highest BCUT2D eigenvalue weighted by molar-refractivity contribution is 6.07. The van der Waals surface area contributed by atoms with Gasteiger partial charge >= 0.3 is 5.97 Å². The third-order valence-corrected chi connectivity index (χ3v) is 8.02. The number of benzene rings is 2. The van der Waals surface area contributed by atoms with E-state index in [1.165, 1.54) is 0 Å². The van der Waals surface area contributed by atoms with Gasteiger partial charge in [-0.1, -0.05) is 50.2 Å². The lowest BCUT2D eigenvalue weighted by Gasteiger charge is -2.39. The molecule has 2 bridgehead atoms. The van der Waals surface area contributed by atoms with E-state index in [2.05, 4.69) is 31.2 Å². The number of fused-ring (bicyclic) bond motifs is 2. The van der Waals surface area contributed by atoms with Crippen LogP contribution in [0.25, 0.3) is 0 Å². The van der Waals surface area contributed by atoms with Crippen LogP contribution in [0, 0.1) is 23.2 Å². The largest absolute Gasteiger partial charge is 0.495 e. The van der Waals surface area contributed by atoms with Gasteiger partial charge in [0.15, 0.2) is 0 Å². The third kappa shape index (κ3) is 3.20. The highest BCUT2D eigenvalue weighted by atomic mass is 16.7. The average Bonchev–Trinajstić information content (AvgIpc) is 3.09. The average molecular weight is 435 g/mol. The summed E-state index contributed by atoms with van der Waals surface area (Å²) < 4.78 is 5.44. The van der Waals surface area contributed by atoms with Crippen molar-refractivity contribution in [1.82, 2.24) is 0 Å². The Bertz CT molecular complexity index is 1090. The summed E-state index contributed by atoms with van der Waals surface area (Å²) >= 11 is 0. The van der Waals surface area contributed by atoms with Gasteiger partial charge in [0.05, 0.1) is 29.5 Å². The second-order valence-electron chi connectivity index (χ2n) is 9.66. The Morgan fingerprint density at radius 3 is 2.44 bits per heavy atom. The molecule has 168 valence electrons. The summed E-state index contributed by atoms with van der Waals surface area (Å²) in [6.07, 6.45) is 2.01. The van der Waals surface area contributed by atoms with E-state index >= 15 is 0 Å². The van der Waals surface area contributed by atoms with E-state index in [1.807, 2.05) is 31.2 Å². The van der Waals surface area contributed by atoms with Gasteiger partial charge in [0.1, 0.15) is 5.75 Å². The highest BCUT2D eigenvalue weighted by Crippen LogP contribution is 2.71. The molecule has 2 unspecified atom stereocenters. The van der Waals surface area contributed by atoms with Gasteiger partial charge in [-0.25, -0.2) is 4.79 Å². The zero-order valence-corrected chi connectivity index (χ0v) is 19.3. The van der Waals surface area contributed by atoms with Crippen molar-refractivity contribution in [3.05, 3.63) is 59.7 Å². The second-order valence-corrected chi connectivity index (χ2v) is 9.66. The summed E-state index contributed by atoms with van der Waals surface area (Å²) in [5.74, 6) is 0.0857. The molecule has 0 aromatic heterocycles. The fourth-order valence-electron chi connectivity index (χ4n) is 5.41. The first-order valence-electron chi connectivity index (χ1n) is 10.9. The van der Waals surface area contributed by atoms with Crippen molar-refractivity contribution in [3.63, 3.8) is 0 Å². The summed E-state index contributed by atoms with van der Waals surface area (Å²) in [4.78, 5) is 31.4. The second kappa shape index (κ2) is 7.76. The van der Waals surface area contributed by atoms with Crippen molar-refractivity contribution in [2.45, 2.75) is 47.0 Å². The number of nitrogens with zero attached hydrogens (tertiary/aromatic N) is 1. The first kappa shape index (κ1) is 22.1. The maximum absolute atomic E-state index is 13.7. The van der Waals surface area contributed by atoms with Gasteiger partial charge in [0.2, 0.25) is 5.91 Å². The minimum absolute atomic E-state index is 0.0466. The standard InChI is InChI=1S/C26H30N2O4/c1-17-11-12-20(31-5)19(15-17)27-23(30)26-14-13-25(4,24(26,2)3)21(16-26)28-32-22(29)18-9-7-6-8-10-18/h6-12,15H,13-14,16H2,1-5H3,(H,27,30)/b28-21-. The van der Waals surface area contributed by atoms with Crippen LogP contribution in [0.15, 0.2) is 53.7 Å². The van der Waals surface area contributed by atoms with Crippen LogP contribution in [0.1, 0.15) is 56.0 Å². The van der Waals surface area contributed by atoms with E-state index in [4.69, 9.17) is 9.57 Å². The molecule has 2 fully saturated rings. The molecule has 32 heavy (non-hydrogen) atoms. The number of aryl methyl sites for hydroxylation is 1. The number of ether oxygens (including phenoxy) is 1. The number of carbonyl (C=O) groups is 2. The molecule has 2 aliphatic carbocycles. The van der Waals surface area contributed by atoms with E-state index in [0.29, 0.717) is 23.4 Å². The smallest absolute Gasteiger partial charge is 0.365 e. The third-order valence-electron chi connectivity index (χ3n) is 8.02. The van der Waals surface area contributed by atoms with E-state index < -0.39 is 11.4 Å². The SMILES string of the molecule is COc1ccc(C)cc1NC(=O)C12CCC(C)(/C(=N\OC(=O)c3ccccc3)C1)C2(C)C. The zero-order chi connectivity index (χ0) is 23.1. The van der Waals surface area contributed by atoms with Gasteiger partial charge < -0.3 is 14.9 Å². The maximum Gasteiger partial charge on any atom is 0.365 e. The zero-order valence-electron chi connectivity index (χ0n) is 19.3. The molecular formula is C26H30N2O4. The number of anilines is 1. The molecule has 2 aliphatic rings. The predicted molar refractivity (Wildman–Crippen MR) is 124 cm³/mol. The molecule has 6 nitrogen and oxygen atoms in total. The van der Waals surface area contributed by atoms with Crippen LogP contribution in [-0.4, -0.2) is 24.7 Å². The number of oxime groups is 1. The minimum atomic E-state index is -0.644. The molecule has 1 N–H and O–H groups in total. The molecule has 2 saturated carbocycles. The predicted octanol–water partition coefficient (Wildman–Crippen LogP) is 5.37.